The number of para-hydroxylation sites is 4. The summed E-state index contributed by atoms with van der Waals surface area (Å²) < 4.78 is 0. The molecular weight excluding hydrogens is 294 g/mol. The monoisotopic (exact) mass is 315 g/mol. The number of benzene rings is 3. The third kappa shape index (κ3) is 3.82. The molecule has 3 rings (SSSR count). The maximum atomic E-state index is 4.70. The number of anilines is 3. The molecule has 0 amide bonds. The zero-order chi connectivity index (χ0) is 16.8. The zero-order valence-corrected chi connectivity index (χ0v) is 14.0. The van der Waals surface area contributed by atoms with Gasteiger partial charge in [-0.2, -0.15) is 0 Å². The summed E-state index contributed by atoms with van der Waals surface area (Å²) in [5.41, 5.74) is 5.19. The van der Waals surface area contributed by atoms with E-state index < -0.39 is 0 Å². The van der Waals surface area contributed by atoms with E-state index in [0.29, 0.717) is 0 Å². The summed E-state index contributed by atoms with van der Waals surface area (Å²) in [5.74, 6) is 0. The minimum absolute atomic E-state index is 0.912. The van der Waals surface area contributed by atoms with Gasteiger partial charge in [-0.25, -0.2) is 0 Å². The fourth-order valence-electron chi connectivity index (χ4n) is 2.51. The fourth-order valence-corrected chi connectivity index (χ4v) is 2.51. The van der Waals surface area contributed by atoms with Crippen LogP contribution in [0.1, 0.15) is 5.56 Å². The molecule has 3 nitrogen and oxygen atoms in total. The van der Waals surface area contributed by atoms with Crippen LogP contribution in [0, 0.1) is 0 Å². The van der Waals surface area contributed by atoms with Crippen molar-refractivity contribution in [2.75, 3.05) is 24.3 Å². The van der Waals surface area contributed by atoms with Crippen LogP contribution in [0.15, 0.2) is 83.9 Å². The van der Waals surface area contributed by atoms with Gasteiger partial charge in [0.05, 0.1) is 11.4 Å². The average molecular weight is 315 g/mol. The lowest BCUT2D eigenvalue weighted by Gasteiger charge is -2.15. The number of aliphatic imine (C=N–C) groups is 1. The van der Waals surface area contributed by atoms with E-state index in [9.17, 15) is 0 Å². The molecule has 0 aliphatic heterocycles. The number of rotatable bonds is 5. The molecule has 3 heteroatoms. The van der Waals surface area contributed by atoms with E-state index in [1.54, 1.807) is 0 Å². The third-order valence-electron chi connectivity index (χ3n) is 3.72. The van der Waals surface area contributed by atoms with Crippen molar-refractivity contribution in [2.24, 2.45) is 4.99 Å². The highest BCUT2D eigenvalue weighted by Crippen LogP contribution is 2.28. The first-order valence-electron chi connectivity index (χ1n) is 7.95. The van der Waals surface area contributed by atoms with Gasteiger partial charge in [-0.05, 0) is 30.3 Å². The first kappa shape index (κ1) is 15.8. The number of hydrogen-bond acceptors (Lipinski definition) is 3. The molecule has 0 radical (unpaired) electrons. The van der Waals surface area contributed by atoms with E-state index in [1.165, 1.54) is 0 Å². The molecule has 0 aromatic heterocycles. The standard InChI is InChI=1S/C21H21N3/c1-24(2)21-15-9-6-10-17(21)16-22-19-13-7-8-14-20(19)23-18-11-4-3-5-12-18/h3-16,23H,1-2H3. The van der Waals surface area contributed by atoms with Crippen molar-refractivity contribution in [3.8, 4) is 0 Å². The first-order chi connectivity index (χ1) is 11.7. The van der Waals surface area contributed by atoms with Crippen LogP contribution in [0.3, 0.4) is 0 Å². The molecule has 0 aliphatic carbocycles. The lowest BCUT2D eigenvalue weighted by molar-refractivity contribution is 1.13. The molecule has 0 heterocycles. The second kappa shape index (κ2) is 7.47. The normalized spacial score (nSPS) is 10.8. The Morgan fingerprint density at radius 3 is 2.25 bits per heavy atom. The van der Waals surface area contributed by atoms with Crippen molar-refractivity contribution in [1.29, 1.82) is 0 Å². The zero-order valence-electron chi connectivity index (χ0n) is 14.0. The third-order valence-corrected chi connectivity index (χ3v) is 3.72. The highest BCUT2D eigenvalue weighted by atomic mass is 15.1. The molecule has 0 saturated heterocycles. The minimum atomic E-state index is 0.912. The second-order valence-electron chi connectivity index (χ2n) is 5.72. The Kier molecular flexibility index (Phi) is 4.92. The minimum Gasteiger partial charge on any atom is -0.377 e. The van der Waals surface area contributed by atoms with Gasteiger partial charge in [0, 0.05) is 37.2 Å². The van der Waals surface area contributed by atoms with Gasteiger partial charge in [0.2, 0.25) is 0 Å². The molecule has 1 N–H and O–H groups in total. The van der Waals surface area contributed by atoms with Crippen molar-refractivity contribution >= 4 is 29.0 Å². The number of nitrogens with one attached hydrogen (secondary N) is 1. The van der Waals surface area contributed by atoms with Gasteiger partial charge in [-0.3, -0.25) is 4.99 Å². The summed E-state index contributed by atoms with van der Waals surface area (Å²) >= 11 is 0. The van der Waals surface area contributed by atoms with E-state index >= 15 is 0 Å². The molecule has 0 unspecified atom stereocenters. The maximum absolute atomic E-state index is 4.70. The summed E-state index contributed by atoms with van der Waals surface area (Å²) in [4.78, 5) is 6.79. The lowest BCUT2D eigenvalue weighted by atomic mass is 10.2. The van der Waals surface area contributed by atoms with Gasteiger partial charge in [0.25, 0.3) is 0 Å². The molecule has 0 fully saturated rings. The predicted octanol–water partition coefficient (Wildman–Crippen LogP) is 5.25. The van der Waals surface area contributed by atoms with Gasteiger partial charge < -0.3 is 10.2 Å². The second-order valence-corrected chi connectivity index (χ2v) is 5.72. The first-order valence-corrected chi connectivity index (χ1v) is 7.95. The molecule has 3 aromatic rings. The molecule has 0 bridgehead atoms. The van der Waals surface area contributed by atoms with Crippen molar-refractivity contribution < 1.29 is 0 Å². The smallest absolute Gasteiger partial charge is 0.0864 e. The van der Waals surface area contributed by atoms with E-state index in [2.05, 4.69) is 22.3 Å². The van der Waals surface area contributed by atoms with Gasteiger partial charge >= 0.3 is 0 Å². The topological polar surface area (TPSA) is 27.6 Å². The molecule has 24 heavy (non-hydrogen) atoms. The van der Waals surface area contributed by atoms with Crippen LogP contribution >= 0.6 is 0 Å². The number of hydrogen-bond donors (Lipinski definition) is 1. The largest absolute Gasteiger partial charge is 0.377 e. The lowest BCUT2D eigenvalue weighted by Crippen LogP contribution is -2.10. The highest BCUT2D eigenvalue weighted by Gasteiger charge is 2.03. The predicted molar refractivity (Wildman–Crippen MR) is 104 cm³/mol. The molecule has 0 aliphatic rings. The molecule has 120 valence electrons. The molecule has 0 spiro atoms. The van der Waals surface area contributed by atoms with Crippen LogP contribution in [0.2, 0.25) is 0 Å². The van der Waals surface area contributed by atoms with Crippen LogP contribution in [-0.2, 0) is 0 Å². The van der Waals surface area contributed by atoms with E-state index in [4.69, 9.17) is 4.99 Å². The Morgan fingerprint density at radius 1 is 0.792 bits per heavy atom. The molecule has 0 saturated carbocycles. The molecule has 3 aromatic carbocycles. The Morgan fingerprint density at radius 2 is 1.46 bits per heavy atom. The van der Waals surface area contributed by atoms with Crippen LogP contribution in [0.5, 0.6) is 0 Å². The maximum Gasteiger partial charge on any atom is 0.0864 e. The quantitative estimate of drug-likeness (QED) is 0.651. The van der Waals surface area contributed by atoms with Crippen LogP contribution in [-0.4, -0.2) is 20.3 Å². The Hall–Kier alpha value is -3.07. The van der Waals surface area contributed by atoms with E-state index in [1.807, 2.05) is 87.0 Å². The Bertz CT molecular complexity index is 823. The van der Waals surface area contributed by atoms with E-state index in [0.717, 1.165) is 28.3 Å². The summed E-state index contributed by atoms with van der Waals surface area (Å²) in [5, 5.41) is 3.42. The highest BCUT2D eigenvalue weighted by molar-refractivity contribution is 5.90. The van der Waals surface area contributed by atoms with Crippen molar-refractivity contribution in [3.63, 3.8) is 0 Å². The van der Waals surface area contributed by atoms with Crippen LogP contribution in [0.4, 0.5) is 22.7 Å². The van der Waals surface area contributed by atoms with Gasteiger partial charge in [0.15, 0.2) is 0 Å². The van der Waals surface area contributed by atoms with Gasteiger partial charge in [0.1, 0.15) is 0 Å². The summed E-state index contributed by atoms with van der Waals surface area (Å²) in [7, 11) is 4.08. The Labute approximate surface area is 143 Å². The number of nitrogens with zero attached hydrogens (tertiary/aromatic N) is 2. The SMILES string of the molecule is CN(C)c1ccccc1C=Nc1ccccc1Nc1ccccc1. The van der Waals surface area contributed by atoms with E-state index in [-0.39, 0.29) is 0 Å². The molecular formula is C21H21N3. The summed E-state index contributed by atoms with van der Waals surface area (Å²) in [6.07, 6.45) is 1.92. The van der Waals surface area contributed by atoms with Crippen molar-refractivity contribution in [2.45, 2.75) is 0 Å². The fraction of sp³-hybridized carbons (Fsp3) is 0.0952. The summed E-state index contributed by atoms with van der Waals surface area (Å²) in [6.45, 7) is 0. The van der Waals surface area contributed by atoms with Crippen molar-refractivity contribution in [1.82, 2.24) is 0 Å². The van der Waals surface area contributed by atoms with Gasteiger partial charge in [-0.1, -0.05) is 48.5 Å². The molecule has 0 atom stereocenters. The van der Waals surface area contributed by atoms with Crippen LogP contribution in [0.25, 0.3) is 0 Å². The summed E-state index contributed by atoms with van der Waals surface area (Å²) in [6, 6.07) is 26.4. The van der Waals surface area contributed by atoms with Crippen molar-refractivity contribution in [3.05, 3.63) is 84.4 Å². The average Bonchev–Trinajstić information content (AvgIpc) is 2.62. The Balaban J connectivity index is 1.88. The van der Waals surface area contributed by atoms with Crippen LogP contribution < -0.4 is 10.2 Å². The van der Waals surface area contributed by atoms with Gasteiger partial charge in [-0.15, -0.1) is 0 Å².